The number of aromatic nitrogens is 3. The van der Waals surface area contributed by atoms with E-state index in [1.165, 1.54) is 6.07 Å². The molecular formula is C16H14FN5OS. The van der Waals surface area contributed by atoms with Crippen LogP contribution in [0.3, 0.4) is 0 Å². The van der Waals surface area contributed by atoms with Gasteiger partial charge in [-0.1, -0.05) is 54.2 Å². The monoisotopic (exact) mass is 343 g/mol. The van der Waals surface area contributed by atoms with Gasteiger partial charge in [0.1, 0.15) is 11.1 Å². The van der Waals surface area contributed by atoms with Gasteiger partial charge in [0.2, 0.25) is 11.1 Å². The quantitative estimate of drug-likeness (QED) is 0.546. The summed E-state index contributed by atoms with van der Waals surface area (Å²) in [5.41, 5.74) is 6.45. The number of hydrogen-bond acceptors (Lipinski definition) is 5. The largest absolute Gasteiger partial charge is 0.368 e. The van der Waals surface area contributed by atoms with Gasteiger partial charge >= 0.3 is 0 Å². The number of thioether (sulfide) groups is 1. The molecule has 2 aromatic carbocycles. The minimum absolute atomic E-state index is 0.173. The second-order valence-electron chi connectivity index (χ2n) is 4.97. The molecule has 0 fully saturated rings. The topological polar surface area (TPSA) is 99.8 Å². The van der Waals surface area contributed by atoms with Crippen molar-refractivity contribution in [3.05, 3.63) is 66.0 Å². The van der Waals surface area contributed by atoms with Gasteiger partial charge in [-0.2, -0.15) is 0 Å². The van der Waals surface area contributed by atoms with E-state index in [1.807, 2.05) is 18.2 Å². The first-order chi connectivity index (χ1) is 11.6. The molecule has 0 aliphatic rings. The number of amides is 1. The van der Waals surface area contributed by atoms with Crippen molar-refractivity contribution in [2.24, 2.45) is 5.73 Å². The van der Waals surface area contributed by atoms with E-state index in [1.54, 1.807) is 30.3 Å². The Hall–Kier alpha value is -2.87. The van der Waals surface area contributed by atoms with Crippen LogP contribution in [0.1, 0.15) is 10.8 Å². The second-order valence-corrected chi connectivity index (χ2v) is 6.04. The Morgan fingerprint density at radius 2 is 1.75 bits per heavy atom. The lowest BCUT2D eigenvalue weighted by atomic mass is 10.1. The molecule has 3 rings (SSSR count). The molecular weight excluding hydrogens is 329 g/mol. The van der Waals surface area contributed by atoms with Gasteiger partial charge in [-0.3, -0.25) is 4.79 Å². The smallest absolute Gasteiger partial charge is 0.235 e. The van der Waals surface area contributed by atoms with Crippen molar-refractivity contribution in [3.8, 4) is 11.4 Å². The number of carbonyl (C=O) groups excluding carboxylic acids is 1. The third-order valence-corrected chi connectivity index (χ3v) is 4.59. The van der Waals surface area contributed by atoms with E-state index >= 15 is 0 Å². The van der Waals surface area contributed by atoms with Crippen LogP contribution in [0.2, 0.25) is 0 Å². The highest BCUT2D eigenvalue weighted by Crippen LogP contribution is 2.34. The summed E-state index contributed by atoms with van der Waals surface area (Å²) in [6.45, 7) is 0. The third kappa shape index (κ3) is 3.09. The van der Waals surface area contributed by atoms with Crippen molar-refractivity contribution < 1.29 is 9.18 Å². The minimum Gasteiger partial charge on any atom is -0.368 e. The number of halogens is 1. The highest BCUT2D eigenvalue weighted by Gasteiger charge is 2.24. The summed E-state index contributed by atoms with van der Waals surface area (Å²) in [6, 6.07) is 15.2. The van der Waals surface area contributed by atoms with Gasteiger partial charge in [0.25, 0.3) is 0 Å². The number of benzene rings is 2. The fourth-order valence-electron chi connectivity index (χ4n) is 2.21. The summed E-state index contributed by atoms with van der Waals surface area (Å²) in [5, 5.41) is 7.48. The van der Waals surface area contributed by atoms with E-state index in [4.69, 9.17) is 11.6 Å². The minimum atomic E-state index is -0.675. The molecule has 0 radical (unpaired) electrons. The summed E-state index contributed by atoms with van der Waals surface area (Å²) < 4.78 is 15.1. The van der Waals surface area contributed by atoms with Gasteiger partial charge in [0.15, 0.2) is 5.82 Å². The molecule has 4 N–H and O–H groups in total. The van der Waals surface area contributed by atoms with Crippen molar-refractivity contribution in [1.29, 1.82) is 0 Å². The Kier molecular flexibility index (Phi) is 4.48. The molecule has 0 aliphatic carbocycles. The van der Waals surface area contributed by atoms with E-state index in [2.05, 4.69) is 10.2 Å². The van der Waals surface area contributed by atoms with Crippen LogP contribution in [0.5, 0.6) is 0 Å². The van der Waals surface area contributed by atoms with Crippen LogP contribution in [-0.2, 0) is 4.79 Å². The predicted octanol–water partition coefficient (Wildman–Crippen LogP) is 2.12. The highest BCUT2D eigenvalue weighted by molar-refractivity contribution is 8.00. The Balaban J connectivity index is 1.94. The number of nitrogens with two attached hydrogens (primary N) is 2. The molecule has 1 aromatic heterocycles. The van der Waals surface area contributed by atoms with Crippen LogP contribution in [0, 0.1) is 5.82 Å². The van der Waals surface area contributed by atoms with Gasteiger partial charge in [-0.15, -0.1) is 10.2 Å². The lowest BCUT2D eigenvalue weighted by molar-refractivity contribution is -0.117. The molecule has 24 heavy (non-hydrogen) atoms. The lowest BCUT2D eigenvalue weighted by Gasteiger charge is -2.12. The first-order valence-corrected chi connectivity index (χ1v) is 7.92. The normalized spacial score (nSPS) is 12.0. The van der Waals surface area contributed by atoms with Crippen LogP contribution in [0.4, 0.5) is 4.39 Å². The average Bonchev–Trinajstić information content (AvgIpc) is 2.94. The van der Waals surface area contributed by atoms with Gasteiger partial charge in [0.05, 0.1) is 5.56 Å². The van der Waals surface area contributed by atoms with Crippen LogP contribution in [0.15, 0.2) is 59.8 Å². The summed E-state index contributed by atoms with van der Waals surface area (Å²) in [7, 11) is 0. The van der Waals surface area contributed by atoms with Crippen molar-refractivity contribution in [2.75, 3.05) is 5.84 Å². The molecule has 0 saturated carbocycles. The van der Waals surface area contributed by atoms with Crippen molar-refractivity contribution in [1.82, 2.24) is 14.9 Å². The maximum atomic E-state index is 13.9. The van der Waals surface area contributed by atoms with Crippen molar-refractivity contribution >= 4 is 17.7 Å². The molecule has 0 saturated heterocycles. The Labute approximate surface area is 141 Å². The maximum Gasteiger partial charge on any atom is 0.235 e. The van der Waals surface area contributed by atoms with E-state index in [0.717, 1.165) is 22.0 Å². The summed E-state index contributed by atoms with van der Waals surface area (Å²) in [6.07, 6.45) is 0. The van der Waals surface area contributed by atoms with E-state index in [9.17, 15) is 9.18 Å². The van der Waals surface area contributed by atoms with Crippen LogP contribution < -0.4 is 11.6 Å². The fourth-order valence-corrected chi connectivity index (χ4v) is 3.12. The van der Waals surface area contributed by atoms with Crippen LogP contribution >= 0.6 is 11.8 Å². The maximum absolute atomic E-state index is 13.9. The third-order valence-electron chi connectivity index (χ3n) is 3.36. The number of hydrogen-bond donors (Lipinski definition) is 2. The zero-order valence-electron chi connectivity index (χ0n) is 12.5. The SMILES string of the molecule is NC(=O)C(Sc1nnc(-c2ccccc2F)n1N)c1ccccc1. The van der Waals surface area contributed by atoms with Gasteiger partial charge in [0, 0.05) is 0 Å². The molecule has 1 unspecified atom stereocenters. The number of nitrogens with zero attached hydrogens (tertiary/aromatic N) is 3. The molecule has 0 spiro atoms. The number of nitrogen functional groups attached to an aromatic ring is 1. The Morgan fingerprint density at radius 1 is 1.08 bits per heavy atom. The first kappa shape index (κ1) is 16.0. The molecule has 0 aliphatic heterocycles. The van der Waals surface area contributed by atoms with Gasteiger partial charge in [-0.05, 0) is 17.7 Å². The van der Waals surface area contributed by atoms with Gasteiger partial charge < -0.3 is 11.6 Å². The van der Waals surface area contributed by atoms with Crippen molar-refractivity contribution in [3.63, 3.8) is 0 Å². The summed E-state index contributed by atoms with van der Waals surface area (Å²) in [4.78, 5) is 11.8. The van der Waals surface area contributed by atoms with E-state index < -0.39 is 17.0 Å². The molecule has 6 nitrogen and oxygen atoms in total. The standard InChI is InChI=1S/C16H14FN5OS/c17-12-9-5-4-8-11(12)15-20-21-16(22(15)19)24-13(14(18)23)10-6-2-1-3-7-10/h1-9,13H,19H2,(H2,18,23). The summed E-state index contributed by atoms with van der Waals surface area (Å²) in [5.74, 6) is 5.17. The molecule has 1 heterocycles. The van der Waals surface area contributed by atoms with Crippen LogP contribution in [-0.4, -0.2) is 20.8 Å². The summed E-state index contributed by atoms with van der Waals surface area (Å²) >= 11 is 1.07. The highest BCUT2D eigenvalue weighted by atomic mass is 32.2. The van der Waals surface area contributed by atoms with E-state index in [0.29, 0.717) is 0 Å². The lowest BCUT2D eigenvalue weighted by Crippen LogP contribution is -2.20. The molecule has 1 atom stereocenters. The Bertz CT molecular complexity index is 868. The van der Waals surface area contributed by atoms with Crippen molar-refractivity contribution in [2.45, 2.75) is 10.4 Å². The fraction of sp³-hybridized carbons (Fsp3) is 0.0625. The molecule has 8 heteroatoms. The second kappa shape index (κ2) is 6.71. The zero-order chi connectivity index (χ0) is 17.1. The number of primary amides is 1. The number of carbonyl (C=O) groups is 1. The van der Waals surface area contributed by atoms with Gasteiger partial charge in [-0.25, -0.2) is 9.07 Å². The average molecular weight is 343 g/mol. The first-order valence-electron chi connectivity index (χ1n) is 7.04. The van der Waals surface area contributed by atoms with Crippen LogP contribution in [0.25, 0.3) is 11.4 Å². The van der Waals surface area contributed by atoms with E-state index in [-0.39, 0.29) is 16.5 Å². The number of rotatable bonds is 5. The molecule has 0 bridgehead atoms. The zero-order valence-corrected chi connectivity index (χ0v) is 13.3. The predicted molar refractivity (Wildman–Crippen MR) is 89.8 cm³/mol. The molecule has 3 aromatic rings. The molecule has 1 amide bonds. The molecule has 122 valence electrons. The Morgan fingerprint density at radius 3 is 2.42 bits per heavy atom.